The minimum atomic E-state index is -5.02. The van der Waals surface area contributed by atoms with Crippen molar-refractivity contribution in [1.29, 1.82) is 0 Å². The van der Waals surface area contributed by atoms with E-state index in [2.05, 4.69) is 15.4 Å². The van der Waals surface area contributed by atoms with Gasteiger partial charge in [0.2, 0.25) is 17.7 Å². The molecule has 0 spiro atoms. The van der Waals surface area contributed by atoms with Gasteiger partial charge in [0.15, 0.2) is 5.78 Å². The molecule has 1 fully saturated rings. The van der Waals surface area contributed by atoms with Crippen LogP contribution in [-0.4, -0.2) is 61.1 Å². The van der Waals surface area contributed by atoms with Crippen LogP contribution in [0.15, 0.2) is 24.3 Å². The van der Waals surface area contributed by atoms with Crippen LogP contribution >= 0.6 is 0 Å². The van der Waals surface area contributed by atoms with E-state index in [9.17, 15) is 32.3 Å². The van der Waals surface area contributed by atoms with Crippen molar-refractivity contribution in [2.75, 3.05) is 18.1 Å². The minimum Gasteiger partial charge on any atom is -0.368 e. The number of rotatable bonds is 11. The van der Waals surface area contributed by atoms with E-state index in [1.165, 1.54) is 0 Å². The molecule has 4 N–H and O–H groups in total. The van der Waals surface area contributed by atoms with E-state index in [0.29, 0.717) is 25.1 Å². The van der Waals surface area contributed by atoms with Crippen LogP contribution in [0, 0.1) is 11.8 Å². The lowest BCUT2D eigenvalue weighted by molar-refractivity contribution is -0.321. The van der Waals surface area contributed by atoms with Crippen molar-refractivity contribution >= 4 is 29.2 Å². The smallest absolute Gasteiger partial charge is 0.368 e. The molecule has 1 unspecified atom stereocenters. The largest absolute Gasteiger partial charge is 0.522 e. The van der Waals surface area contributed by atoms with Crippen LogP contribution < -0.4 is 21.3 Å². The van der Waals surface area contributed by atoms with Gasteiger partial charge >= 0.3 is 6.36 Å². The SMILES string of the molecule is CC(C)C[C@@H](C(=O)N[C@@H](C[C@@H]1CCNC1=O)C(=O)COC(F)(F)F)N1c2ccccc2CC1C(N)=O. The lowest BCUT2D eigenvalue weighted by atomic mass is 9.94. The van der Waals surface area contributed by atoms with Crippen LogP contribution in [0.4, 0.5) is 18.9 Å². The first-order chi connectivity index (χ1) is 16.9. The first kappa shape index (κ1) is 27.4. The zero-order valence-electron chi connectivity index (χ0n) is 20.1. The number of hydrogen-bond donors (Lipinski definition) is 3. The van der Waals surface area contributed by atoms with Gasteiger partial charge in [-0.05, 0) is 36.8 Å². The van der Waals surface area contributed by atoms with Crippen molar-refractivity contribution in [3.8, 4) is 0 Å². The van der Waals surface area contributed by atoms with Crippen molar-refractivity contribution < 1.29 is 37.1 Å². The molecule has 0 radical (unpaired) electrons. The van der Waals surface area contributed by atoms with E-state index in [1.807, 2.05) is 19.9 Å². The van der Waals surface area contributed by atoms with Crippen LogP contribution in [-0.2, 0) is 30.3 Å². The zero-order chi connectivity index (χ0) is 26.6. The van der Waals surface area contributed by atoms with Crippen molar-refractivity contribution in [3.05, 3.63) is 29.8 Å². The summed E-state index contributed by atoms with van der Waals surface area (Å²) in [5, 5.41) is 5.18. The topological polar surface area (TPSA) is 131 Å². The third-order valence-electron chi connectivity index (χ3n) is 6.45. The first-order valence-corrected chi connectivity index (χ1v) is 11.8. The summed E-state index contributed by atoms with van der Waals surface area (Å²) in [5.41, 5.74) is 7.14. The number of fused-ring (bicyclic) bond motifs is 1. The number of para-hydroxylation sites is 1. The Balaban J connectivity index is 1.88. The van der Waals surface area contributed by atoms with E-state index in [0.717, 1.165) is 5.56 Å². The summed E-state index contributed by atoms with van der Waals surface area (Å²) in [6, 6.07) is 4.05. The molecule has 12 heteroatoms. The number of nitrogens with two attached hydrogens (primary N) is 1. The van der Waals surface area contributed by atoms with Gasteiger partial charge < -0.3 is 21.3 Å². The number of alkyl halides is 3. The molecule has 3 amide bonds. The summed E-state index contributed by atoms with van der Waals surface area (Å²) >= 11 is 0. The highest BCUT2D eigenvalue weighted by Gasteiger charge is 2.42. The van der Waals surface area contributed by atoms with Crippen LogP contribution in [0.25, 0.3) is 0 Å². The molecule has 2 heterocycles. The highest BCUT2D eigenvalue weighted by molar-refractivity contribution is 5.96. The molecular formula is C24H31F3N4O5. The predicted molar refractivity (Wildman–Crippen MR) is 124 cm³/mol. The number of nitrogens with one attached hydrogen (secondary N) is 2. The average molecular weight is 513 g/mol. The van der Waals surface area contributed by atoms with Crippen LogP contribution in [0.5, 0.6) is 0 Å². The second-order valence-corrected chi connectivity index (χ2v) is 9.58. The summed E-state index contributed by atoms with van der Waals surface area (Å²) in [7, 11) is 0. The summed E-state index contributed by atoms with van der Waals surface area (Å²) < 4.78 is 41.4. The summed E-state index contributed by atoms with van der Waals surface area (Å²) in [6.07, 6.45) is -4.21. The van der Waals surface area contributed by atoms with Crippen LogP contribution in [0.3, 0.4) is 0 Å². The number of carbonyl (C=O) groups is 4. The highest BCUT2D eigenvalue weighted by atomic mass is 19.4. The van der Waals surface area contributed by atoms with E-state index >= 15 is 0 Å². The number of benzene rings is 1. The average Bonchev–Trinajstić information content (AvgIpc) is 3.38. The molecule has 0 bridgehead atoms. The maximum Gasteiger partial charge on any atom is 0.522 e. The molecule has 2 aliphatic rings. The van der Waals surface area contributed by atoms with Gasteiger partial charge in [0.1, 0.15) is 18.7 Å². The Hall–Kier alpha value is -3.15. The van der Waals surface area contributed by atoms with Gasteiger partial charge in [-0.15, -0.1) is 13.2 Å². The standard InChI is InChI=1S/C24H31F3N4O5/c1-13(2)9-19(31-17-6-4-3-5-14(17)11-18(31)21(28)33)23(35)30-16(10-15-7-8-29-22(15)34)20(32)12-36-24(25,26)27/h3-6,13,15-16,18-19H,7-12H2,1-2H3,(H2,28,33)(H,29,34)(H,30,35)/t15-,16-,18?,19-/m0/s1. The lowest BCUT2D eigenvalue weighted by Crippen LogP contribution is -2.57. The van der Waals surface area contributed by atoms with Crippen LogP contribution in [0.2, 0.25) is 0 Å². The van der Waals surface area contributed by atoms with Crippen molar-refractivity contribution in [1.82, 2.24) is 10.6 Å². The number of primary amides is 1. The Labute approximate surface area is 206 Å². The number of anilines is 1. The van der Waals surface area contributed by atoms with E-state index in [4.69, 9.17) is 5.73 Å². The predicted octanol–water partition coefficient (Wildman–Crippen LogP) is 1.43. The molecule has 4 atom stereocenters. The highest BCUT2D eigenvalue weighted by Crippen LogP contribution is 2.35. The lowest BCUT2D eigenvalue weighted by Gasteiger charge is -2.35. The summed E-state index contributed by atoms with van der Waals surface area (Å²) in [4.78, 5) is 52.3. The van der Waals surface area contributed by atoms with Crippen molar-refractivity contribution in [2.24, 2.45) is 17.6 Å². The molecule has 36 heavy (non-hydrogen) atoms. The van der Waals surface area contributed by atoms with Gasteiger partial charge in [-0.2, -0.15) is 0 Å². The summed E-state index contributed by atoms with van der Waals surface area (Å²) in [5.74, 6) is -3.25. The molecule has 2 aliphatic heterocycles. The second-order valence-electron chi connectivity index (χ2n) is 9.58. The first-order valence-electron chi connectivity index (χ1n) is 11.8. The third-order valence-corrected chi connectivity index (χ3v) is 6.45. The van der Waals surface area contributed by atoms with Gasteiger partial charge in [-0.1, -0.05) is 32.0 Å². The fraction of sp³-hybridized carbons (Fsp3) is 0.583. The molecular weight excluding hydrogens is 481 g/mol. The normalized spacial score (nSPS) is 21.2. The molecule has 1 saturated heterocycles. The molecule has 1 aromatic rings. The number of hydrogen-bond acceptors (Lipinski definition) is 6. The van der Waals surface area contributed by atoms with Gasteiger partial charge in [-0.3, -0.25) is 23.9 Å². The minimum absolute atomic E-state index is 0.00892. The van der Waals surface area contributed by atoms with Gasteiger partial charge in [0.05, 0.1) is 6.04 Å². The number of ether oxygens (including phenoxy) is 1. The van der Waals surface area contributed by atoms with Gasteiger partial charge in [-0.25, -0.2) is 0 Å². The number of halogens is 3. The number of nitrogens with zero attached hydrogens (tertiary/aromatic N) is 1. The quantitative estimate of drug-likeness (QED) is 0.411. The van der Waals surface area contributed by atoms with Gasteiger partial charge in [0, 0.05) is 24.6 Å². The molecule has 0 aromatic heterocycles. The number of carbonyl (C=O) groups excluding carboxylic acids is 4. The van der Waals surface area contributed by atoms with E-state index in [-0.39, 0.29) is 24.7 Å². The van der Waals surface area contributed by atoms with Crippen molar-refractivity contribution in [2.45, 2.75) is 64.0 Å². The maximum absolute atomic E-state index is 13.6. The maximum atomic E-state index is 13.6. The molecule has 1 aromatic carbocycles. The number of ketones is 1. The third kappa shape index (κ3) is 6.74. The fourth-order valence-corrected chi connectivity index (χ4v) is 4.77. The second kappa shape index (κ2) is 11.3. The van der Waals surface area contributed by atoms with E-state index < -0.39 is 54.6 Å². The fourth-order valence-electron chi connectivity index (χ4n) is 4.77. The number of amides is 3. The zero-order valence-corrected chi connectivity index (χ0v) is 20.1. The monoisotopic (exact) mass is 512 g/mol. The van der Waals surface area contributed by atoms with Crippen molar-refractivity contribution in [3.63, 3.8) is 0 Å². The molecule has 9 nitrogen and oxygen atoms in total. The molecule has 0 aliphatic carbocycles. The Morgan fingerprint density at radius 3 is 2.53 bits per heavy atom. The Bertz CT molecular complexity index is 1000. The van der Waals surface area contributed by atoms with Gasteiger partial charge in [0.25, 0.3) is 0 Å². The Morgan fingerprint density at radius 1 is 1.25 bits per heavy atom. The Kier molecular flexibility index (Phi) is 8.59. The van der Waals surface area contributed by atoms with Crippen LogP contribution in [0.1, 0.15) is 38.7 Å². The molecule has 3 rings (SSSR count). The van der Waals surface area contributed by atoms with E-state index in [1.54, 1.807) is 23.1 Å². The molecule has 0 saturated carbocycles. The molecule has 198 valence electrons. The number of Topliss-reactive ketones (excluding diaryl/α,β-unsaturated/α-hetero) is 1. The summed E-state index contributed by atoms with van der Waals surface area (Å²) in [6.45, 7) is 2.83. The Morgan fingerprint density at radius 2 is 1.94 bits per heavy atom.